The van der Waals surface area contributed by atoms with Crippen LogP contribution in [0.25, 0.3) is 16.9 Å². The zero-order valence-electron chi connectivity index (χ0n) is 15.4. The van der Waals surface area contributed by atoms with E-state index in [-0.39, 0.29) is 5.75 Å². The first-order valence-electron chi connectivity index (χ1n) is 9.12. The number of benzene rings is 1. The van der Waals surface area contributed by atoms with Crippen LogP contribution in [0.3, 0.4) is 0 Å². The second kappa shape index (κ2) is 7.32. The van der Waals surface area contributed by atoms with Crippen LogP contribution in [0.2, 0.25) is 0 Å². The molecule has 0 radical (unpaired) electrons. The molecule has 3 aromatic rings. The Morgan fingerprint density at radius 2 is 2.15 bits per heavy atom. The maximum atomic E-state index is 10.4. The van der Waals surface area contributed by atoms with Gasteiger partial charge in [-0.1, -0.05) is 13.8 Å². The third-order valence-electron chi connectivity index (χ3n) is 4.65. The summed E-state index contributed by atoms with van der Waals surface area (Å²) >= 11 is 0. The molecule has 27 heavy (non-hydrogen) atoms. The van der Waals surface area contributed by atoms with Gasteiger partial charge >= 0.3 is 0 Å². The fourth-order valence-corrected chi connectivity index (χ4v) is 3.40. The maximum absolute atomic E-state index is 10.4. The minimum atomic E-state index is 0.132. The Hall–Kier alpha value is -3.00. The summed E-state index contributed by atoms with van der Waals surface area (Å²) in [6, 6.07) is 6.30. The summed E-state index contributed by atoms with van der Waals surface area (Å²) in [6.45, 7) is 6.10. The number of phenolic OH excluding ortho intramolecular Hbond substituents is 1. The predicted molar refractivity (Wildman–Crippen MR) is 103 cm³/mol. The number of nitrogens with one attached hydrogen (secondary N) is 1. The number of rotatable bonds is 5. The normalized spacial score (nSPS) is 17.0. The van der Waals surface area contributed by atoms with E-state index in [1.165, 1.54) is 0 Å². The van der Waals surface area contributed by atoms with E-state index in [4.69, 9.17) is 0 Å². The average molecular weight is 365 g/mol. The molecule has 4 rings (SSSR count). The van der Waals surface area contributed by atoms with Crippen LogP contribution in [0.4, 0.5) is 5.95 Å². The third-order valence-corrected chi connectivity index (χ3v) is 4.65. The van der Waals surface area contributed by atoms with Gasteiger partial charge in [0.1, 0.15) is 11.4 Å². The Balaban J connectivity index is 1.49. The van der Waals surface area contributed by atoms with Crippen molar-refractivity contribution in [2.24, 2.45) is 0 Å². The number of aromatic hydroxyl groups is 1. The van der Waals surface area contributed by atoms with E-state index >= 15 is 0 Å². The molecule has 8 heteroatoms. The number of hydrogen-bond donors (Lipinski definition) is 2. The lowest BCUT2D eigenvalue weighted by Gasteiger charge is -2.18. The van der Waals surface area contributed by atoms with Crippen molar-refractivity contribution in [3.8, 4) is 22.7 Å². The molecule has 1 atom stereocenters. The van der Waals surface area contributed by atoms with Crippen LogP contribution in [-0.2, 0) is 0 Å². The first-order chi connectivity index (χ1) is 13.1. The van der Waals surface area contributed by atoms with Gasteiger partial charge in [-0.15, -0.1) is 10.2 Å². The zero-order chi connectivity index (χ0) is 18.8. The molecular formula is C19H23N7O. The van der Waals surface area contributed by atoms with Crippen molar-refractivity contribution in [2.75, 3.05) is 18.0 Å². The lowest BCUT2D eigenvalue weighted by Crippen LogP contribution is -2.37. The second-order valence-electron chi connectivity index (χ2n) is 7.07. The summed E-state index contributed by atoms with van der Waals surface area (Å²) in [5.41, 5.74) is 1.97. The number of phenols is 1. The fourth-order valence-electron chi connectivity index (χ4n) is 3.40. The minimum Gasteiger partial charge on any atom is -0.507 e. The highest BCUT2D eigenvalue weighted by atomic mass is 16.3. The maximum Gasteiger partial charge on any atom is 0.245 e. The standard InChI is InChI=1S/C19H23N7O/c1-13(2)22-14-5-7-25(11-14)19-21-10-17(23-24-19)16-4-3-15(9-18(16)27)26-8-6-20-12-26/h3-4,6,8-10,12-14,22,27H,5,7,11H2,1-2H3. The summed E-state index contributed by atoms with van der Waals surface area (Å²) in [5.74, 6) is 0.758. The van der Waals surface area contributed by atoms with E-state index in [1.54, 1.807) is 24.8 Å². The molecule has 0 saturated carbocycles. The van der Waals surface area contributed by atoms with E-state index in [1.807, 2.05) is 22.9 Å². The molecule has 1 fully saturated rings. The number of imidazole rings is 1. The van der Waals surface area contributed by atoms with Crippen LogP contribution in [0.15, 0.2) is 43.1 Å². The topological polar surface area (TPSA) is 92.0 Å². The quantitative estimate of drug-likeness (QED) is 0.714. The van der Waals surface area contributed by atoms with E-state index in [0.717, 1.165) is 25.2 Å². The number of nitrogens with zero attached hydrogens (tertiary/aromatic N) is 6. The Bertz CT molecular complexity index is 893. The Morgan fingerprint density at radius 1 is 1.26 bits per heavy atom. The van der Waals surface area contributed by atoms with Gasteiger partial charge in [-0.2, -0.15) is 0 Å². The fraction of sp³-hybridized carbons (Fsp3) is 0.368. The Morgan fingerprint density at radius 3 is 2.81 bits per heavy atom. The predicted octanol–water partition coefficient (Wildman–Crippen LogP) is 2.01. The monoisotopic (exact) mass is 365 g/mol. The molecule has 1 aliphatic rings. The smallest absolute Gasteiger partial charge is 0.245 e. The first kappa shape index (κ1) is 17.4. The molecular weight excluding hydrogens is 342 g/mol. The van der Waals surface area contributed by atoms with E-state index in [2.05, 4.69) is 44.2 Å². The number of aromatic nitrogens is 5. The lowest BCUT2D eigenvalue weighted by molar-refractivity contribution is 0.476. The van der Waals surface area contributed by atoms with Crippen LogP contribution in [-0.4, -0.2) is 55.0 Å². The van der Waals surface area contributed by atoms with Crippen molar-refractivity contribution in [3.05, 3.63) is 43.1 Å². The van der Waals surface area contributed by atoms with Gasteiger partial charge in [0.15, 0.2) is 0 Å². The second-order valence-corrected chi connectivity index (χ2v) is 7.07. The molecule has 3 heterocycles. The third kappa shape index (κ3) is 3.75. The molecule has 0 bridgehead atoms. The molecule has 0 aliphatic carbocycles. The van der Waals surface area contributed by atoms with Gasteiger partial charge in [0, 0.05) is 49.2 Å². The van der Waals surface area contributed by atoms with Crippen molar-refractivity contribution in [2.45, 2.75) is 32.4 Å². The molecule has 0 amide bonds. The molecule has 2 N–H and O–H groups in total. The van der Waals surface area contributed by atoms with E-state index in [9.17, 15) is 5.11 Å². The van der Waals surface area contributed by atoms with Gasteiger partial charge in [0.25, 0.3) is 0 Å². The largest absolute Gasteiger partial charge is 0.507 e. The molecule has 140 valence electrons. The number of anilines is 1. The summed E-state index contributed by atoms with van der Waals surface area (Å²) in [6.07, 6.45) is 7.93. The lowest BCUT2D eigenvalue weighted by atomic mass is 10.1. The number of hydrogen-bond acceptors (Lipinski definition) is 7. The summed E-state index contributed by atoms with van der Waals surface area (Å²) in [7, 11) is 0. The molecule has 8 nitrogen and oxygen atoms in total. The molecule has 0 spiro atoms. The summed E-state index contributed by atoms with van der Waals surface area (Å²) in [5, 5.41) is 22.5. The van der Waals surface area contributed by atoms with Crippen LogP contribution >= 0.6 is 0 Å². The van der Waals surface area contributed by atoms with Crippen molar-refractivity contribution < 1.29 is 5.11 Å². The minimum absolute atomic E-state index is 0.132. The summed E-state index contributed by atoms with van der Waals surface area (Å²) in [4.78, 5) is 10.6. The van der Waals surface area contributed by atoms with Crippen LogP contribution in [0.1, 0.15) is 20.3 Å². The molecule has 1 saturated heterocycles. The van der Waals surface area contributed by atoms with Gasteiger partial charge < -0.3 is 19.9 Å². The molecule has 1 aromatic carbocycles. The van der Waals surface area contributed by atoms with Crippen LogP contribution in [0, 0.1) is 0 Å². The Labute approximate surface area is 157 Å². The van der Waals surface area contributed by atoms with Crippen LogP contribution in [0.5, 0.6) is 5.75 Å². The molecule has 2 aromatic heterocycles. The average Bonchev–Trinajstić information content (AvgIpc) is 3.33. The zero-order valence-corrected chi connectivity index (χ0v) is 15.4. The van der Waals surface area contributed by atoms with Gasteiger partial charge in [0.05, 0.1) is 18.2 Å². The molecule has 1 aliphatic heterocycles. The molecule has 1 unspecified atom stereocenters. The van der Waals surface area contributed by atoms with Crippen molar-refractivity contribution in [1.29, 1.82) is 0 Å². The van der Waals surface area contributed by atoms with Crippen molar-refractivity contribution in [3.63, 3.8) is 0 Å². The SMILES string of the molecule is CC(C)NC1CCN(c2ncc(-c3ccc(-n4ccnc4)cc3O)nn2)C1. The first-order valence-corrected chi connectivity index (χ1v) is 9.12. The highest BCUT2D eigenvalue weighted by Gasteiger charge is 2.25. The van der Waals surface area contributed by atoms with Gasteiger partial charge in [-0.25, -0.2) is 9.97 Å². The summed E-state index contributed by atoms with van der Waals surface area (Å²) < 4.78 is 1.82. The van der Waals surface area contributed by atoms with E-state index in [0.29, 0.717) is 29.3 Å². The highest BCUT2D eigenvalue weighted by molar-refractivity contribution is 5.68. The van der Waals surface area contributed by atoms with Gasteiger partial charge in [0.2, 0.25) is 5.95 Å². The van der Waals surface area contributed by atoms with E-state index < -0.39 is 0 Å². The van der Waals surface area contributed by atoms with Gasteiger partial charge in [-0.05, 0) is 18.6 Å². The van der Waals surface area contributed by atoms with Crippen molar-refractivity contribution >= 4 is 5.95 Å². The van der Waals surface area contributed by atoms with Crippen LogP contribution < -0.4 is 10.2 Å². The Kier molecular flexibility index (Phi) is 4.72. The highest BCUT2D eigenvalue weighted by Crippen LogP contribution is 2.29. The van der Waals surface area contributed by atoms with Gasteiger partial charge in [-0.3, -0.25) is 0 Å². The van der Waals surface area contributed by atoms with Crippen molar-refractivity contribution in [1.82, 2.24) is 30.0 Å².